The van der Waals surface area contributed by atoms with E-state index in [1.807, 2.05) is 31.2 Å². The van der Waals surface area contributed by atoms with Crippen molar-refractivity contribution in [1.29, 1.82) is 0 Å². The molecule has 1 aromatic carbocycles. The molecule has 1 atom stereocenters. The van der Waals surface area contributed by atoms with Crippen LogP contribution >= 0.6 is 23.4 Å². The van der Waals surface area contributed by atoms with E-state index in [4.69, 9.17) is 17.3 Å². The van der Waals surface area contributed by atoms with Gasteiger partial charge in [0, 0.05) is 10.8 Å². The number of primary amides is 1. The Balaban J connectivity index is 2.25. The van der Waals surface area contributed by atoms with Gasteiger partial charge in [-0.05, 0) is 36.4 Å². The Morgan fingerprint density at radius 2 is 2.11 bits per heavy atom. The largest absolute Gasteiger partial charge is 0.368 e. The van der Waals surface area contributed by atoms with E-state index in [1.165, 1.54) is 5.56 Å². The van der Waals surface area contributed by atoms with Gasteiger partial charge in [0.2, 0.25) is 5.91 Å². The maximum Gasteiger partial charge on any atom is 0.234 e. The quantitative estimate of drug-likeness (QED) is 0.722. The van der Waals surface area contributed by atoms with Gasteiger partial charge in [-0.2, -0.15) is 11.8 Å². The third-order valence-electron chi connectivity index (χ3n) is 2.53. The third kappa shape index (κ3) is 5.76. The Labute approximate surface area is 117 Å². The fraction of sp³-hybridized carbons (Fsp3) is 0.462. The average Bonchev–Trinajstić information content (AvgIpc) is 2.35. The van der Waals surface area contributed by atoms with Crippen molar-refractivity contribution in [1.82, 2.24) is 5.32 Å². The first kappa shape index (κ1) is 15.3. The summed E-state index contributed by atoms with van der Waals surface area (Å²) in [6.45, 7) is 2.73. The normalized spacial score (nSPS) is 12.3. The monoisotopic (exact) mass is 286 g/mol. The molecular formula is C13H19ClN2OS. The van der Waals surface area contributed by atoms with Gasteiger partial charge in [0.05, 0.1) is 6.04 Å². The lowest BCUT2D eigenvalue weighted by Gasteiger charge is -2.13. The zero-order valence-electron chi connectivity index (χ0n) is 10.5. The number of hydrogen-bond acceptors (Lipinski definition) is 3. The van der Waals surface area contributed by atoms with E-state index in [0.717, 1.165) is 29.5 Å². The van der Waals surface area contributed by atoms with Gasteiger partial charge in [-0.1, -0.05) is 30.7 Å². The molecule has 0 aromatic heterocycles. The average molecular weight is 287 g/mol. The Morgan fingerprint density at radius 3 is 2.67 bits per heavy atom. The zero-order valence-corrected chi connectivity index (χ0v) is 12.1. The van der Waals surface area contributed by atoms with E-state index in [9.17, 15) is 4.79 Å². The van der Waals surface area contributed by atoms with Gasteiger partial charge in [0.1, 0.15) is 0 Å². The number of rotatable bonds is 8. The van der Waals surface area contributed by atoms with Crippen molar-refractivity contribution in [3.63, 3.8) is 0 Å². The van der Waals surface area contributed by atoms with Crippen molar-refractivity contribution in [3.05, 3.63) is 34.9 Å². The molecule has 3 N–H and O–H groups in total. The summed E-state index contributed by atoms with van der Waals surface area (Å²) >= 11 is 7.61. The number of benzene rings is 1. The standard InChI is InChI=1S/C13H19ClN2OS/c1-2-16-12(13(15)17)7-8-18-9-10-3-5-11(14)6-4-10/h3-6,12,16H,2,7-9H2,1H3,(H2,15,17). The molecule has 1 unspecified atom stereocenters. The van der Waals surface area contributed by atoms with Crippen molar-refractivity contribution in [3.8, 4) is 0 Å². The van der Waals surface area contributed by atoms with Gasteiger partial charge in [-0.25, -0.2) is 0 Å². The molecule has 0 aliphatic rings. The second kappa shape index (κ2) is 8.40. The zero-order chi connectivity index (χ0) is 13.4. The van der Waals surface area contributed by atoms with Crippen LogP contribution in [0.2, 0.25) is 5.02 Å². The van der Waals surface area contributed by atoms with Gasteiger partial charge in [-0.3, -0.25) is 4.79 Å². The summed E-state index contributed by atoms with van der Waals surface area (Å²) in [5.41, 5.74) is 6.55. The van der Waals surface area contributed by atoms with Crippen LogP contribution in [0.25, 0.3) is 0 Å². The van der Waals surface area contributed by atoms with Gasteiger partial charge in [-0.15, -0.1) is 0 Å². The van der Waals surface area contributed by atoms with E-state index in [0.29, 0.717) is 0 Å². The number of hydrogen-bond donors (Lipinski definition) is 2. The lowest BCUT2D eigenvalue weighted by molar-refractivity contribution is -0.120. The highest BCUT2D eigenvalue weighted by Crippen LogP contribution is 2.16. The van der Waals surface area contributed by atoms with Crippen LogP contribution in [0.4, 0.5) is 0 Å². The highest BCUT2D eigenvalue weighted by atomic mass is 35.5. The predicted octanol–water partition coefficient (Wildman–Crippen LogP) is 2.43. The van der Waals surface area contributed by atoms with Crippen LogP contribution in [0.15, 0.2) is 24.3 Å². The lowest BCUT2D eigenvalue weighted by atomic mass is 10.2. The molecule has 0 aliphatic carbocycles. The Bertz CT molecular complexity index is 370. The molecule has 1 amide bonds. The summed E-state index contributed by atoms with van der Waals surface area (Å²) in [7, 11) is 0. The highest BCUT2D eigenvalue weighted by molar-refractivity contribution is 7.98. The molecule has 0 saturated heterocycles. The molecular weight excluding hydrogens is 268 g/mol. The van der Waals surface area contributed by atoms with Crippen LogP contribution in [0, 0.1) is 0 Å². The van der Waals surface area contributed by atoms with Crippen LogP contribution in [-0.4, -0.2) is 24.2 Å². The van der Waals surface area contributed by atoms with Crippen LogP contribution in [-0.2, 0) is 10.5 Å². The van der Waals surface area contributed by atoms with Crippen molar-refractivity contribution in [2.75, 3.05) is 12.3 Å². The molecule has 0 aliphatic heterocycles. The number of carbonyl (C=O) groups excluding carboxylic acids is 1. The number of likely N-dealkylation sites (N-methyl/N-ethyl adjacent to an activating group) is 1. The summed E-state index contributed by atoms with van der Waals surface area (Å²) < 4.78 is 0. The molecule has 3 nitrogen and oxygen atoms in total. The van der Waals surface area contributed by atoms with Crippen LogP contribution < -0.4 is 11.1 Å². The van der Waals surface area contributed by atoms with Gasteiger partial charge >= 0.3 is 0 Å². The van der Waals surface area contributed by atoms with E-state index in [-0.39, 0.29) is 11.9 Å². The van der Waals surface area contributed by atoms with Crippen molar-refractivity contribution in [2.24, 2.45) is 5.73 Å². The first-order chi connectivity index (χ1) is 8.63. The highest BCUT2D eigenvalue weighted by Gasteiger charge is 2.12. The lowest BCUT2D eigenvalue weighted by Crippen LogP contribution is -2.41. The molecule has 100 valence electrons. The molecule has 1 aromatic rings. The van der Waals surface area contributed by atoms with Gasteiger partial charge in [0.25, 0.3) is 0 Å². The fourth-order valence-corrected chi connectivity index (χ4v) is 2.66. The number of amides is 1. The van der Waals surface area contributed by atoms with Gasteiger partial charge in [0.15, 0.2) is 0 Å². The summed E-state index contributed by atoms with van der Waals surface area (Å²) in [6, 6.07) is 7.61. The van der Waals surface area contributed by atoms with Gasteiger partial charge < -0.3 is 11.1 Å². The first-order valence-corrected chi connectivity index (χ1v) is 7.51. The number of halogens is 1. The van der Waals surface area contributed by atoms with E-state index in [2.05, 4.69) is 5.32 Å². The Kier molecular flexibility index (Phi) is 7.16. The van der Waals surface area contributed by atoms with Crippen LogP contribution in [0.1, 0.15) is 18.9 Å². The maximum atomic E-state index is 11.1. The third-order valence-corrected chi connectivity index (χ3v) is 3.84. The molecule has 0 radical (unpaired) electrons. The van der Waals surface area contributed by atoms with Crippen molar-refractivity contribution < 1.29 is 4.79 Å². The maximum absolute atomic E-state index is 11.1. The Hall–Kier alpha value is -0.710. The van der Waals surface area contributed by atoms with E-state index < -0.39 is 0 Å². The summed E-state index contributed by atoms with van der Waals surface area (Å²) in [5.74, 6) is 1.56. The molecule has 0 spiro atoms. The topological polar surface area (TPSA) is 55.1 Å². The predicted molar refractivity (Wildman–Crippen MR) is 78.9 cm³/mol. The summed E-state index contributed by atoms with van der Waals surface area (Å²) in [4.78, 5) is 11.1. The molecule has 5 heteroatoms. The molecule has 0 bridgehead atoms. The fourth-order valence-electron chi connectivity index (χ4n) is 1.56. The molecule has 18 heavy (non-hydrogen) atoms. The van der Waals surface area contributed by atoms with Crippen molar-refractivity contribution in [2.45, 2.75) is 25.1 Å². The molecule has 0 saturated carbocycles. The molecule has 0 fully saturated rings. The SMILES string of the molecule is CCNC(CCSCc1ccc(Cl)cc1)C(N)=O. The number of nitrogens with one attached hydrogen (secondary N) is 1. The van der Waals surface area contributed by atoms with Crippen LogP contribution in [0.5, 0.6) is 0 Å². The number of nitrogens with two attached hydrogens (primary N) is 1. The summed E-state index contributed by atoms with van der Waals surface area (Å²) in [6.07, 6.45) is 0.765. The molecule has 1 rings (SSSR count). The van der Waals surface area contributed by atoms with Crippen LogP contribution in [0.3, 0.4) is 0 Å². The van der Waals surface area contributed by atoms with E-state index >= 15 is 0 Å². The molecule has 0 heterocycles. The first-order valence-electron chi connectivity index (χ1n) is 5.98. The Morgan fingerprint density at radius 1 is 1.44 bits per heavy atom. The minimum absolute atomic E-state index is 0.215. The second-order valence-electron chi connectivity index (χ2n) is 3.98. The summed E-state index contributed by atoms with van der Waals surface area (Å²) in [5, 5.41) is 3.84. The van der Waals surface area contributed by atoms with Crippen molar-refractivity contribution >= 4 is 29.3 Å². The van der Waals surface area contributed by atoms with E-state index in [1.54, 1.807) is 11.8 Å². The number of carbonyl (C=O) groups is 1. The minimum atomic E-state index is -0.274. The minimum Gasteiger partial charge on any atom is -0.368 e. The second-order valence-corrected chi connectivity index (χ2v) is 5.52. The number of thioether (sulfide) groups is 1. The smallest absolute Gasteiger partial charge is 0.234 e.